The van der Waals surface area contributed by atoms with E-state index >= 15 is 0 Å². The molecule has 0 N–H and O–H groups in total. The summed E-state index contributed by atoms with van der Waals surface area (Å²) in [4.78, 5) is 29.1. The number of hydrogen-bond donors (Lipinski definition) is 0. The molecule has 1 aliphatic heterocycles. The van der Waals surface area contributed by atoms with Gasteiger partial charge >= 0.3 is 5.97 Å². The van der Waals surface area contributed by atoms with Crippen LogP contribution >= 0.6 is 0 Å². The molecule has 3 rings (SSSR count). The molecule has 1 unspecified atom stereocenters. The molecule has 2 heterocycles. The van der Waals surface area contributed by atoms with E-state index < -0.39 is 52.6 Å². The number of carbonyl (C=O) groups excluding carboxylic acids is 2. The highest BCUT2D eigenvalue weighted by Gasteiger charge is 2.26. The molecule has 0 aliphatic carbocycles. The lowest BCUT2D eigenvalue weighted by atomic mass is 10.1. The molecule has 1 amide bonds. The van der Waals surface area contributed by atoms with Crippen LogP contribution in [0, 0.1) is 29.1 Å². The van der Waals surface area contributed by atoms with Crippen LogP contribution in [0.4, 0.5) is 22.0 Å². The number of halogens is 5. The maximum atomic E-state index is 13.8. The first-order valence-corrected chi connectivity index (χ1v) is 9.49. The van der Waals surface area contributed by atoms with Crippen LogP contribution in [-0.2, 0) is 14.3 Å². The molecule has 1 atom stereocenters. The first kappa shape index (κ1) is 24.1. The van der Waals surface area contributed by atoms with Crippen molar-refractivity contribution >= 4 is 18.0 Å². The first-order valence-electron chi connectivity index (χ1n) is 9.49. The number of rotatable bonds is 6. The maximum Gasteiger partial charge on any atom is 0.339 e. The Hall–Kier alpha value is -3.54. The average molecular weight is 472 g/mol. The lowest BCUT2D eigenvalue weighted by Gasteiger charge is -2.32. The van der Waals surface area contributed by atoms with Crippen LogP contribution in [0.5, 0.6) is 5.75 Å². The fraction of sp³-hybridized carbons (Fsp3) is 0.286. The number of methoxy groups -OCH3 is 1. The third kappa shape index (κ3) is 5.45. The van der Waals surface area contributed by atoms with Gasteiger partial charge in [0.15, 0.2) is 23.3 Å². The first-order chi connectivity index (χ1) is 15.7. The zero-order valence-electron chi connectivity index (χ0n) is 17.1. The molecule has 2 aromatic rings. The van der Waals surface area contributed by atoms with Crippen LogP contribution in [0.15, 0.2) is 24.5 Å². The number of benzene rings is 1. The highest BCUT2D eigenvalue weighted by atomic mass is 19.2. The predicted octanol–water partition coefficient (Wildman–Crippen LogP) is 2.88. The summed E-state index contributed by atoms with van der Waals surface area (Å²) in [7, 11) is 1.22. The van der Waals surface area contributed by atoms with Crippen molar-refractivity contribution in [1.82, 2.24) is 9.88 Å². The van der Waals surface area contributed by atoms with E-state index in [1.807, 2.05) is 0 Å². The normalized spacial score (nSPS) is 16.2. The molecule has 12 heteroatoms. The van der Waals surface area contributed by atoms with Crippen molar-refractivity contribution in [2.45, 2.75) is 6.10 Å². The van der Waals surface area contributed by atoms with Crippen LogP contribution < -0.4 is 4.74 Å². The Labute approximate surface area is 184 Å². The molecule has 1 aliphatic rings. The summed E-state index contributed by atoms with van der Waals surface area (Å²) in [6.07, 6.45) is 3.32. The highest BCUT2D eigenvalue weighted by molar-refractivity contribution is 5.92. The number of aromatic nitrogens is 1. The monoisotopic (exact) mass is 472 g/mol. The molecule has 33 heavy (non-hydrogen) atoms. The van der Waals surface area contributed by atoms with Gasteiger partial charge in [-0.3, -0.25) is 9.78 Å². The topological polar surface area (TPSA) is 78.0 Å². The summed E-state index contributed by atoms with van der Waals surface area (Å²) in [5.41, 5.74) is -1.04. The minimum Gasteiger partial charge on any atom is -0.489 e. The molecule has 7 nitrogen and oxygen atoms in total. The molecule has 1 saturated heterocycles. The van der Waals surface area contributed by atoms with Crippen LogP contribution in [0.25, 0.3) is 6.08 Å². The SMILES string of the molecule is COC(=O)c1cncc(OCC2CN(C(=O)/C=C/c3c(F)c(F)c(F)c(F)c3F)CCO2)c1. The number of amides is 1. The Morgan fingerprint density at radius 3 is 2.45 bits per heavy atom. The van der Waals surface area contributed by atoms with E-state index in [4.69, 9.17) is 9.47 Å². The minimum absolute atomic E-state index is 0.0164. The number of esters is 1. The van der Waals surface area contributed by atoms with Gasteiger partial charge in [0.25, 0.3) is 0 Å². The molecular formula is C21H17F5N2O5. The number of nitrogens with zero attached hydrogens (tertiary/aromatic N) is 2. The average Bonchev–Trinajstić information content (AvgIpc) is 2.84. The molecule has 1 aromatic carbocycles. The van der Waals surface area contributed by atoms with Crippen LogP contribution in [0.1, 0.15) is 15.9 Å². The van der Waals surface area contributed by atoms with Crippen molar-refractivity contribution in [2.75, 3.05) is 33.4 Å². The van der Waals surface area contributed by atoms with Gasteiger partial charge in [-0.25, -0.2) is 26.7 Å². The Morgan fingerprint density at radius 1 is 1.12 bits per heavy atom. The van der Waals surface area contributed by atoms with E-state index in [1.54, 1.807) is 0 Å². The quantitative estimate of drug-likeness (QED) is 0.212. The van der Waals surface area contributed by atoms with E-state index in [1.165, 1.54) is 30.5 Å². The van der Waals surface area contributed by atoms with Gasteiger partial charge in [-0.05, 0) is 12.1 Å². The van der Waals surface area contributed by atoms with Gasteiger partial charge in [-0.1, -0.05) is 0 Å². The van der Waals surface area contributed by atoms with E-state index in [9.17, 15) is 31.5 Å². The third-order valence-electron chi connectivity index (χ3n) is 4.66. The van der Waals surface area contributed by atoms with Crippen molar-refractivity contribution < 1.29 is 45.8 Å². The number of carbonyl (C=O) groups is 2. The summed E-state index contributed by atoms with van der Waals surface area (Å²) >= 11 is 0. The lowest BCUT2D eigenvalue weighted by molar-refractivity contribution is -0.134. The summed E-state index contributed by atoms with van der Waals surface area (Å²) in [5.74, 6) is -11.6. The second kappa shape index (κ2) is 10.4. The summed E-state index contributed by atoms with van der Waals surface area (Å²) in [6, 6.07) is 1.41. The standard InChI is InChI=1S/C21H17F5N2O5/c1-31-21(30)11-6-12(8-27-7-11)33-10-13-9-28(4-5-32-13)15(29)3-2-14-16(22)18(24)20(26)19(25)17(14)23/h2-3,6-8,13H,4-5,9-10H2,1H3/b3-2+. The van der Waals surface area contributed by atoms with E-state index in [0.29, 0.717) is 12.2 Å². The van der Waals surface area contributed by atoms with E-state index in [0.717, 1.165) is 0 Å². The van der Waals surface area contributed by atoms with Crippen molar-refractivity contribution in [2.24, 2.45) is 0 Å². The van der Waals surface area contributed by atoms with Crippen molar-refractivity contribution in [3.8, 4) is 5.75 Å². The zero-order chi connectivity index (χ0) is 24.1. The van der Waals surface area contributed by atoms with Gasteiger partial charge in [-0.15, -0.1) is 0 Å². The van der Waals surface area contributed by atoms with Crippen molar-refractivity contribution in [3.63, 3.8) is 0 Å². The Kier molecular flexibility index (Phi) is 7.59. The summed E-state index contributed by atoms with van der Waals surface area (Å²) in [5, 5.41) is 0. The molecular weight excluding hydrogens is 455 g/mol. The molecule has 1 aromatic heterocycles. The van der Waals surface area contributed by atoms with Crippen molar-refractivity contribution in [3.05, 3.63) is 64.7 Å². The third-order valence-corrected chi connectivity index (χ3v) is 4.66. The maximum absolute atomic E-state index is 13.8. The molecule has 0 radical (unpaired) electrons. The van der Waals surface area contributed by atoms with Crippen LogP contribution in [-0.4, -0.2) is 61.3 Å². The van der Waals surface area contributed by atoms with Gasteiger partial charge in [0.1, 0.15) is 18.5 Å². The van der Waals surface area contributed by atoms with Gasteiger partial charge in [-0.2, -0.15) is 0 Å². The van der Waals surface area contributed by atoms with Gasteiger partial charge in [0, 0.05) is 18.8 Å². The van der Waals surface area contributed by atoms with Crippen LogP contribution in [0.2, 0.25) is 0 Å². The van der Waals surface area contributed by atoms with Crippen LogP contribution in [0.3, 0.4) is 0 Å². The van der Waals surface area contributed by atoms with Gasteiger partial charge in [0.2, 0.25) is 11.7 Å². The number of ether oxygens (including phenoxy) is 3. The molecule has 0 spiro atoms. The Balaban J connectivity index is 1.63. The second-order valence-electron chi connectivity index (χ2n) is 6.81. The largest absolute Gasteiger partial charge is 0.489 e. The number of morpholine rings is 1. The molecule has 176 valence electrons. The highest BCUT2D eigenvalue weighted by Crippen LogP contribution is 2.24. The second-order valence-corrected chi connectivity index (χ2v) is 6.81. The van der Waals surface area contributed by atoms with Gasteiger partial charge < -0.3 is 19.1 Å². The molecule has 1 fully saturated rings. The number of hydrogen-bond acceptors (Lipinski definition) is 6. The zero-order valence-corrected chi connectivity index (χ0v) is 17.1. The minimum atomic E-state index is -2.28. The smallest absolute Gasteiger partial charge is 0.339 e. The molecule has 0 bridgehead atoms. The Bertz CT molecular complexity index is 1070. The number of pyridine rings is 1. The lowest BCUT2D eigenvalue weighted by Crippen LogP contribution is -2.47. The fourth-order valence-corrected chi connectivity index (χ4v) is 2.97. The van der Waals surface area contributed by atoms with E-state index in [2.05, 4.69) is 9.72 Å². The summed E-state index contributed by atoms with van der Waals surface area (Å²) < 4.78 is 82.9. The van der Waals surface area contributed by atoms with Crippen molar-refractivity contribution in [1.29, 1.82) is 0 Å². The summed E-state index contributed by atoms with van der Waals surface area (Å²) in [6.45, 7) is 0.272. The fourth-order valence-electron chi connectivity index (χ4n) is 2.97. The molecule has 0 saturated carbocycles. The van der Waals surface area contributed by atoms with E-state index in [-0.39, 0.29) is 37.6 Å². The van der Waals surface area contributed by atoms with Gasteiger partial charge in [0.05, 0.1) is 37.6 Å². The predicted molar refractivity (Wildman–Crippen MR) is 103 cm³/mol. The Morgan fingerprint density at radius 2 is 1.79 bits per heavy atom.